The Morgan fingerprint density at radius 1 is 1.14 bits per heavy atom. The summed E-state index contributed by atoms with van der Waals surface area (Å²) in [4.78, 5) is 37.3. The van der Waals surface area contributed by atoms with E-state index in [4.69, 9.17) is 9.47 Å². The van der Waals surface area contributed by atoms with Crippen LogP contribution in [0, 0.1) is 6.92 Å². The predicted molar refractivity (Wildman–Crippen MR) is 101 cm³/mol. The molecule has 0 aliphatic carbocycles. The van der Waals surface area contributed by atoms with Crippen molar-refractivity contribution in [3.05, 3.63) is 59.7 Å². The number of hydrogen-bond acceptors (Lipinski definition) is 5. The molecule has 1 aliphatic heterocycles. The lowest BCUT2D eigenvalue weighted by Gasteiger charge is -2.22. The zero-order chi connectivity index (χ0) is 20.3. The van der Waals surface area contributed by atoms with E-state index in [2.05, 4.69) is 10.7 Å². The average molecular weight is 383 g/mol. The summed E-state index contributed by atoms with van der Waals surface area (Å²) in [6.45, 7) is 3.13. The van der Waals surface area contributed by atoms with Crippen LogP contribution in [-0.2, 0) is 15.1 Å². The van der Waals surface area contributed by atoms with Crippen molar-refractivity contribution in [2.24, 2.45) is 0 Å². The summed E-state index contributed by atoms with van der Waals surface area (Å²) < 4.78 is 10.6. The number of hydrazine groups is 1. The molecule has 28 heavy (non-hydrogen) atoms. The summed E-state index contributed by atoms with van der Waals surface area (Å²) in [6, 6.07) is 13.3. The zero-order valence-electron chi connectivity index (χ0n) is 15.8. The summed E-state index contributed by atoms with van der Waals surface area (Å²) in [7, 11) is 1.51. The third-order valence-electron chi connectivity index (χ3n) is 4.43. The molecule has 3 rings (SSSR count). The lowest BCUT2D eigenvalue weighted by Crippen LogP contribution is -2.49. The van der Waals surface area contributed by atoms with Crippen LogP contribution in [-0.4, -0.2) is 36.6 Å². The van der Waals surface area contributed by atoms with Gasteiger partial charge in [-0.1, -0.05) is 24.3 Å². The Kier molecular flexibility index (Phi) is 5.21. The number of methoxy groups -OCH3 is 1. The number of amides is 4. The molecule has 1 fully saturated rings. The molecule has 146 valence electrons. The molecule has 2 aromatic carbocycles. The normalized spacial score (nSPS) is 18.6. The van der Waals surface area contributed by atoms with Gasteiger partial charge in [0.15, 0.2) is 6.61 Å². The van der Waals surface area contributed by atoms with Crippen molar-refractivity contribution in [3.8, 4) is 11.5 Å². The second-order valence-electron chi connectivity index (χ2n) is 6.57. The molecular formula is C20H21N3O5. The molecule has 0 spiro atoms. The zero-order valence-corrected chi connectivity index (χ0v) is 15.8. The van der Waals surface area contributed by atoms with E-state index in [-0.39, 0.29) is 6.61 Å². The number of carbonyl (C=O) groups excluding carboxylic acids is 3. The Balaban J connectivity index is 1.68. The molecule has 0 radical (unpaired) electrons. The number of carbonyl (C=O) groups is 3. The Morgan fingerprint density at radius 3 is 2.57 bits per heavy atom. The highest BCUT2D eigenvalue weighted by Crippen LogP contribution is 2.30. The first-order valence-electron chi connectivity index (χ1n) is 8.63. The van der Waals surface area contributed by atoms with Gasteiger partial charge in [0.2, 0.25) is 0 Å². The summed E-state index contributed by atoms with van der Waals surface area (Å²) in [5, 5.41) is 3.28. The Hall–Kier alpha value is -3.55. The first kappa shape index (κ1) is 19.2. The van der Waals surface area contributed by atoms with Crippen molar-refractivity contribution >= 4 is 17.8 Å². The Bertz CT molecular complexity index is 930. The van der Waals surface area contributed by atoms with Gasteiger partial charge in [-0.15, -0.1) is 0 Å². The number of urea groups is 1. The molecule has 8 nitrogen and oxygen atoms in total. The van der Waals surface area contributed by atoms with Crippen LogP contribution in [0.2, 0.25) is 0 Å². The topological polar surface area (TPSA) is 97.0 Å². The maximum atomic E-state index is 12.8. The minimum atomic E-state index is -1.32. The number of imide groups is 1. The molecule has 0 saturated carbocycles. The maximum absolute atomic E-state index is 12.8. The minimum Gasteiger partial charge on any atom is -0.497 e. The highest BCUT2D eigenvalue weighted by molar-refractivity contribution is 6.08. The number of ether oxygens (including phenoxy) is 2. The van der Waals surface area contributed by atoms with Crippen LogP contribution in [0.3, 0.4) is 0 Å². The summed E-state index contributed by atoms with van der Waals surface area (Å²) in [5.41, 5.74) is 2.50. The van der Waals surface area contributed by atoms with Crippen molar-refractivity contribution in [2.45, 2.75) is 19.4 Å². The van der Waals surface area contributed by atoms with E-state index < -0.39 is 23.4 Å². The van der Waals surface area contributed by atoms with Crippen LogP contribution in [0.1, 0.15) is 18.1 Å². The standard InChI is InChI=1S/C20H21N3O5/c1-13-6-4-9-16(10-13)28-12-17(24)22-23-18(25)20(2,21-19(23)26)14-7-5-8-15(11-14)27-3/h4-11H,12H2,1-3H3,(H,21,26)(H,22,24)/t20-/m1/s1. The van der Waals surface area contributed by atoms with Crippen molar-refractivity contribution in [3.63, 3.8) is 0 Å². The monoisotopic (exact) mass is 383 g/mol. The third kappa shape index (κ3) is 3.75. The summed E-state index contributed by atoms with van der Waals surface area (Å²) >= 11 is 0. The number of hydrogen-bond donors (Lipinski definition) is 2. The number of nitrogens with zero attached hydrogens (tertiary/aromatic N) is 1. The Labute approximate surface area is 162 Å². The fourth-order valence-corrected chi connectivity index (χ4v) is 2.88. The van der Waals surface area contributed by atoms with Gasteiger partial charge in [-0.05, 0) is 49.2 Å². The number of nitrogens with one attached hydrogen (secondary N) is 2. The van der Waals surface area contributed by atoms with Crippen LogP contribution in [0.5, 0.6) is 11.5 Å². The van der Waals surface area contributed by atoms with E-state index >= 15 is 0 Å². The van der Waals surface area contributed by atoms with Crippen molar-refractivity contribution < 1.29 is 23.9 Å². The van der Waals surface area contributed by atoms with Gasteiger partial charge < -0.3 is 14.8 Å². The molecule has 8 heteroatoms. The summed E-state index contributed by atoms with van der Waals surface area (Å²) in [6.07, 6.45) is 0. The number of aryl methyl sites for hydroxylation is 1. The van der Waals surface area contributed by atoms with Gasteiger partial charge in [-0.2, -0.15) is 5.01 Å². The van der Waals surface area contributed by atoms with Gasteiger partial charge in [0.05, 0.1) is 7.11 Å². The molecule has 2 aromatic rings. The van der Waals surface area contributed by atoms with Crippen molar-refractivity contribution in [1.82, 2.24) is 15.8 Å². The van der Waals surface area contributed by atoms with Gasteiger partial charge in [-0.25, -0.2) is 4.79 Å². The van der Waals surface area contributed by atoms with Crippen LogP contribution < -0.4 is 20.2 Å². The van der Waals surface area contributed by atoms with Crippen molar-refractivity contribution in [1.29, 1.82) is 0 Å². The Morgan fingerprint density at radius 2 is 1.86 bits per heavy atom. The van der Waals surface area contributed by atoms with E-state index in [0.717, 1.165) is 5.56 Å². The molecule has 2 N–H and O–H groups in total. The van der Waals surface area contributed by atoms with Gasteiger partial charge in [0.1, 0.15) is 17.0 Å². The van der Waals surface area contributed by atoms with E-state index in [0.29, 0.717) is 22.1 Å². The van der Waals surface area contributed by atoms with E-state index in [1.165, 1.54) is 7.11 Å². The molecule has 1 atom stereocenters. The van der Waals surface area contributed by atoms with Gasteiger partial charge in [0, 0.05) is 0 Å². The second-order valence-corrected chi connectivity index (χ2v) is 6.57. The minimum absolute atomic E-state index is 0.337. The number of rotatable bonds is 6. The van der Waals surface area contributed by atoms with Crippen LogP contribution in [0.15, 0.2) is 48.5 Å². The maximum Gasteiger partial charge on any atom is 0.344 e. The largest absolute Gasteiger partial charge is 0.497 e. The first-order chi connectivity index (χ1) is 13.3. The van der Waals surface area contributed by atoms with E-state index in [1.54, 1.807) is 49.4 Å². The third-order valence-corrected chi connectivity index (χ3v) is 4.43. The lowest BCUT2D eigenvalue weighted by molar-refractivity contribution is -0.139. The molecule has 4 amide bonds. The molecular weight excluding hydrogens is 362 g/mol. The van der Waals surface area contributed by atoms with Gasteiger partial charge in [-0.3, -0.25) is 15.0 Å². The molecule has 0 bridgehead atoms. The average Bonchev–Trinajstić information content (AvgIpc) is 2.90. The smallest absolute Gasteiger partial charge is 0.344 e. The van der Waals surface area contributed by atoms with Crippen LogP contribution in [0.25, 0.3) is 0 Å². The summed E-state index contributed by atoms with van der Waals surface area (Å²) in [5.74, 6) is -0.155. The molecule has 1 aliphatic rings. The SMILES string of the molecule is COc1cccc([C@@]2(C)NC(=O)N(NC(=O)COc3cccc(C)c3)C2=O)c1. The first-order valence-corrected chi connectivity index (χ1v) is 8.63. The van der Waals surface area contributed by atoms with Gasteiger partial charge in [0.25, 0.3) is 11.8 Å². The van der Waals surface area contributed by atoms with Crippen LogP contribution >= 0.6 is 0 Å². The second kappa shape index (κ2) is 7.59. The molecule has 0 aromatic heterocycles. The fourth-order valence-electron chi connectivity index (χ4n) is 2.88. The highest BCUT2D eigenvalue weighted by Gasteiger charge is 2.50. The fraction of sp³-hybridized carbons (Fsp3) is 0.250. The molecule has 0 unspecified atom stereocenters. The molecule has 1 heterocycles. The lowest BCUT2D eigenvalue weighted by atomic mass is 9.92. The number of benzene rings is 2. The van der Waals surface area contributed by atoms with Crippen molar-refractivity contribution in [2.75, 3.05) is 13.7 Å². The quantitative estimate of drug-likeness (QED) is 0.743. The van der Waals surface area contributed by atoms with Crippen LogP contribution in [0.4, 0.5) is 4.79 Å². The van der Waals surface area contributed by atoms with Gasteiger partial charge >= 0.3 is 6.03 Å². The molecule has 1 saturated heterocycles. The van der Waals surface area contributed by atoms with E-state index in [1.807, 2.05) is 13.0 Å². The highest BCUT2D eigenvalue weighted by atomic mass is 16.5. The predicted octanol–water partition coefficient (Wildman–Crippen LogP) is 1.88. The van der Waals surface area contributed by atoms with E-state index in [9.17, 15) is 14.4 Å².